The van der Waals surface area contributed by atoms with E-state index in [4.69, 9.17) is 0 Å². The molecule has 100 valence electrons. The van der Waals surface area contributed by atoms with Crippen LogP contribution in [0.5, 0.6) is 0 Å². The quantitative estimate of drug-likeness (QED) is 0.810. The molecule has 2 nitrogen and oxygen atoms in total. The van der Waals surface area contributed by atoms with E-state index in [9.17, 15) is 0 Å². The third-order valence-electron chi connectivity index (χ3n) is 4.86. The molecule has 1 aliphatic carbocycles. The number of rotatable bonds is 4. The van der Waals surface area contributed by atoms with Gasteiger partial charge in [0.2, 0.25) is 0 Å². The molecule has 0 bridgehead atoms. The van der Waals surface area contributed by atoms with E-state index < -0.39 is 0 Å². The summed E-state index contributed by atoms with van der Waals surface area (Å²) in [4.78, 5) is 2.72. The fraction of sp³-hybridized carbons (Fsp3) is 1.00. The number of hydrogen-bond donors (Lipinski definition) is 1. The van der Waals surface area contributed by atoms with Crippen LogP contribution < -0.4 is 5.32 Å². The normalized spacial score (nSPS) is 32.8. The third kappa shape index (κ3) is 3.96. The number of likely N-dealkylation sites (tertiary alicyclic amines) is 1. The number of hydrogen-bond acceptors (Lipinski definition) is 2. The smallest absolute Gasteiger partial charge is 0.00912 e. The monoisotopic (exact) mass is 238 g/mol. The Morgan fingerprint density at radius 3 is 2.41 bits per heavy atom. The number of nitrogens with zero attached hydrogens (tertiary/aromatic N) is 1. The van der Waals surface area contributed by atoms with Gasteiger partial charge in [0.05, 0.1) is 0 Å². The molecule has 2 aliphatic rings. The first-order chi connectivity index (χ1) is 8.29. The van der Waals surface area contributed by atoms with Gasteiger partial charge in [0, 0.05) is 12.6 Å². The zero-order chi connectivity index (χ0) is 12.1. The maximum Gasteiger partial charge on any atom is 0.00912 e. The molecule has 1 heterocycles. The van der Waals surface area contributed by atoms with Gasteiger partial charge in [-0.15, -0.1) is 0 Å². The van der Waals surface area contributed by atoms with Gasteiger partial charge >= 0.3 is 0 Å². The second kappa shape index (κ2) is 6.75. The van der Waals surface area contributed by atoms with Crippen LogP contribution in [0.1, 0.15) is 52.4 Å². The lowest BCUT2D eigenvalue weighted by Crippen LogP contribution is -2.44. The van der Waals surface area contributed by atoms with Crippen molar-refractivity contribution >= 4 is 0 Å². The molecular formula is C15H30N2. The predicted molar refractivity (Wildman–Crippen MR) is 74.3 cm³/mol. The Labute approximate surface area is 107 Å². The van der Waals surface area contributed by atoms with E-state index in [1.165, 1.54) is 58.2 Å². The van der Waals surface area contributed by atoms with Gasteiger partial charge in [-0.25, -0.2) is 0 Å². The molecule has 2 heteroatoms. The van der Waals surface area contributed by atoms with Gasteiger partial charge in [0.15, 0.2) is 0 Å². The molecule has 2 atom stereocenters. The van der Waals surface area contributed by atoms with Crippen molar-refractivity contribution in [3.05, 3.63) is 0 Å². The molecule has 1 N–H and O–H groups in total. The highest BCUT2D eigenvalue weighted by atomic mass is 15.1. The van der Waals surface area contributed by atoms with Gasteiger partial charge in [-0.05, 0) is 50.7 Å². The molecule has 0 radical (unpaired) electrons. The molecule has 1 saturated carbocycles. The summed E-state index contributed by atoms with van der Waals surface area (Å²) < 4.78 is 0. The van der Waals surface area contributed by atoms with Gasteiger partial charge in [-0.3, -0.25) is 0 Å². The first-order valence-electron chi connectivity index (χ1n) is 7.75. The summed E-state index contributed by atoms with van der Waals surface area (Å²) in [6, 6.07) is 0.792. The number of nitrogens with one attached hydrogen (secondary N) is 1. The molecule has 0 aromatic heterocycles. The van der Waals surface area contributed by atoms with Crippen LogP contribution in [0.15, 0.2) is 0 Å². The van der Waals surface area contributed by atoms with Crippen LogP contribution in [-0.4, -0.2) is 37.1 Å². The van der Waals surface area contributed by atoms with Gasteiger partial charge in [0.25, 0.3) is 0 Å². The van der Waals surface area contributed by atoms with E-state index in [2.05, 4.69) is 24.1 Å². The van der Waals surface area contributed by atoms with E-state index in [1.807, 2.05) is 0 Å². The molecule has 0 spiro atoms. The van der Waals surface area contributed by atoms with E-state index in [-0.39, 0.29) is 0 Å². The minimum absolute atomic E-state index is 0.792. The maximum absolute atomic E-state index is 3.59. The van der Waals surface area contributed by atoms with Crippen molar-refractivity contribution in [2.24, 2.45) is 11.8 Å². The molecule has 1 aliphatic heterocycles. The lowest BCUT2D eigenvalue weighted by Gasteiger charge is -2.37. The van der Waals surface area contributed by atoms with E-state index >= 15 is 0 Å². The molecule has 2 fully saturated rings. The standard InChI is InChI=1S/C15H30N2/c1-3-16-15-8-10-17(11-9-15)12-14-7-5-4-6-13(14)2/h13-16H,3-12H2,1-2H3. The van der Waals surface area contributed by atoms with Crippen molar-refractivity contribution in [3.8, 4) is 0 Å². The minimum Gasteiger partial charge on any atom is -0.314 e. The van der Waals surface area contributed by atoms with Crippen molar-refractivity contribution in [1.82, 2.24) is 10.2 Å². The molecular weight excluding hydrogens is 208 g/mol. The first kappa shape index (κ1) is 13.4. The topological polar surface area (TPSA) is 15.3 Å². The third-order valence-corrected chi connectivity index (χ3v) is 4.86. The largest absolute Gasteiger partial charge is 0.314 e. The highest BCUT2D eigenvalue weighted by Crippen LogP contribution is 2.30. The van der Waals surface area contributed by atoms with Gasteiger partial charge < -0.3 is 10.2 Å². The zero-order valence-corrected chi connectivity index (χ0v) is 11.8. The summed E-state index contributed by atoms with van der Waals surface area (Å²) >= 11 is 0. The summed E-state index contributed by atoms with van der Waals surface area (Å²) in [5.74, 6) is 1.95. The molecule has 1 saturated heterocycles. The van der Waals surface area contributed by atoms with Crippen LogP contribution >= 0.6 is 0 Å². The number of piperidine rings is 1. The lowest BCUT2D eigenvalue weighted by molar-refractivity contribution is 0.130. The van der Waals surface area contributed by atoms with Crippen molar-refractivity contribution in [1.29, 1.82) is 0 Å². The van der Waals surface area contributed by atoms with Crippen LogP contribution in [0, 0.1) is 11.8 Å². The van der Waals surface area contributed by atoms with Crippen LogP contribution in [-0.2, 0) is 0 Å². The predicted octanol–water partition coefficient (Wildman–Crippen LogP) is 2.89. The van der Waals surface area contributed by atoms with E-state index in [0.29, 0.717) is 0 Å². The summed E-state index contributed by atoms with van der Waals surface area (Å²) in [5.41, 5.74) is 0. The summed E-state index contributed by atoms with van der Waals surface area (Å²) in [7, 11) is 0. The summed E-state index contributed by atoms with van der Waals surface area (Å²) in [6.45, 7) is 9.83. The second-order valence-electron chi connectivity index (χ2n) is 6.15. The Hall–Kier alpha value is -0.0800. The highest BCUT2D eigenvalue weighted by molar-refractivity contribution is 4.81. The lowest BCUT2D eigenvalue weighted by atomic mass is 9.80. The molecule has 0 aromatic rings. The van der Waals surface area contributed by atoms with Crippen LogP contribution in [0.3, 0.4) is 0 Å². The molecule has 2 rings (SSSR count). The van der Waals surface area contributed by atoms with Crippen molar-refractivity contribution < 1.29 is 0 Å². The van der Waals surface area contributed by atoms with Crippen LogP contribution in [0.25, 0.3) is 0 Å². The summed E-state index contributed by atoms with van der Waals surface area (Å²) in [5, 5.41) is 3.59. The molecule has 2 unspecified atom stereocenters. The van der Waals surface area contributed by atoms with Crippen LogP contribution in [0.2, 0.25) is 0 Å². The average molecular weight is 238 g/mol. The highest BCUT2D eigenvalue weighted by Gasteiger charge is 2.25. The Morgan fingerprint density at radius 2 is 1.76 bits per heavy atom. The SMILES string of the molecule is CCNC1CCN(CC2CCCCC2C)CC1. The zero-order valence-electron chi connectivity index (χ0n) is 11.8. The van der Waals surface area contributed by atoms with Gasteiger partial charge in [-0.1, -0.05) is 33.1 Å². The summed E-state index contributed by atoms with van der Waals surface area (Å²) in [6.07, 6.45) is 8.61. The first-order valence-corrected chi connectivity index (χ1v) is 7.75. The van der Waals surface area contributed by atoms with Crippen LogP contribution in [0.4, 0.5) is 0 Å². The molecule has 17 heavy (non-hydrogen) atoms. The average Bonchev–Trinajstić information content (AvgIpc) is 2.35. The second-order valence-corrected chi connectivity index (χ2v) is 6.15. The maximum atomic E-state index is 3.59. The fourth-order valence-corrected chi connectivity index (χ4v) is 3.60. The molecule has 0 aromatic carbocycles. The fourth-order valence-electron chi connectivity index (χ4n) is 3.60. The van der Waals surface area contributed by atoms with Crippen molar-refractivity contribution in [3.63, 3.8) is 0 Å². The van der Waals surface area contributed by atoms with E-state index in [0.717, 1.165) is 24.4 Å². The molecule has 0 amide bonds. The van der Waals surface area contributed by atoms with E-state index in [1.54, 1.807) is 0 Å². The Balaban J connectivity index is 1.70. The minimum atomic E-state index is 0.792. The van der Waals surface area contributed by atoms with Crippen molar-refractivity contribution in [2.45, 2.75) is 58.4 Å². The van der Waals surface area contributed by atoms with Crippen molar-refractivity contribution in [2.75, 3.05) is 26.2 Å². The Kier molecular flexibility index (Phi) is 5.30. The van der Waals surface area contributed by atoms with Gasteiger partial charge in [0.1, 0.15) is 0 Å². The Bertz CT molecular complexity index is 209. The Morgan fingerprint density at radius 1 is 1.06 bits per heavy atom. The van der Waals surface area contributed by atoms with Gasteiger partial charge in [-0.2, -0.15) is 0 Å².